The predicted molar refractivity (Wildman–Crippen MR) is 111 cm³/mol. The number of amides is 1. The summed E-state index contributed by atoms with van der Waals surface area (Å²) in [5.74, 6) is -1.05. The first-order valence-electron chi connectivity index (χ1n) is 8.71. The van der Waals surface area contributed by atoms with E-state index in [1.807, 2.05) is 38.1 Å². The molecule has 0 unspecified atom stereocenters. The Labute approximate surface area is 172 Å². The summed E-state index contributed by atoms with van der Waals surface area (Å²) in [5, 5.41) is 4.20. The van der Waals surface area contributed by atoms with Gasteiger partial charge in [-0.15, -0.1) is 0 Å². The van der Waals surface area contributed by atoms with Crippen LogP contribution in [-0.4, -0.2) is 23.5 Å². The van der Waals surface area contributed by atoms with E-state index in [1.165, 1.54) is 6.07 Å². The summed E-state index contributed by atoms with van der Waals surface area (Å²) in [5.41, 5.74) is 3.13. The van der Waals surface area contributed by atoms with Gasteiger partial charge in [-0.25, -0.2) is 4.79 Å². The van der Waals surface area contributed by atoms with Gasteiger partial charge in [0.2, 0.25) is 0 Å². The number of esters is 1. The lowest BCUT2D eigenvalue weighted by Gasteiger charge is -2.13. The molecule has 2 aromatic carbocycles. The van der Waals surface area contributed by atoms with E-state index < -0.39 is 18.5 Å². The van der Waals surface area contributed by atoms with E-state index >= 15 is 0 Å². The van der Waals surface area contributed by atoms with E-state index in [0.29, 0.717) is 33.4 Å². The van der Waals surface area contributed by atoms with Crippen molar-refractivity contribution in [2.24, 2.45) is 0 Å². The van der Waals surface area contributed by atoms with Crippen molar-refractivity contribution in [3.63, 3.8) is 0 Å². The lowest BCUT2D eigenvalue weighted by Crippen LogP contribution is -2.22. The molecule has 1 N–H and O–H groups in total. The number of para-hydroxylation sites is 1. The number of anilines is 1. The van der Waals surface area contributed by atoms with Crippen LogP contribution in [-0.2, 0) is 16.0 Å². The molecule has 28 heavy (non-hydrogen) atoms. The van der Waals surface area contributed by atoms with Crippen LogP contribution in [0.15, 0.2) is 42.5 Å². The molecule has 1 heterocycles. The fourth-order valence-electron chi connectivity index (χ4n) is 2.94. The zero-order chi connectivity index (χ0) is 20.3. The Kier molecular flexibility index (Phi) is 6.17. The number of carbonyl (C=O) groups is 2. The van der Waals surface area contributed by atoms with Gasteiger partial charge < -0.3 is 10.1 Å². The van der Waals surface area contributed by atoms with Gasteiger partial charge in [0.25, 0.3) is 5.91 Å². The molecule has 0 saturated heterocycles. The van der Waals surface area contributed by atoms with Crippen molar-refractivity contribution in [1.29, 1.82) is 0 Å². The highest BCUT2D eigenvalue weighted by atomic mass is 35.5. The van der Waals surface area contributed by atoms with Gasteiger partial charge >= 0.3 is 5.97 Å². The van der Waals surface area contributed by atoms with E-state index in [2.05, 4.69) is 10.3 Å². The fraction of sp³-hybridized carbons (Fsp3) is 0.190. The number of ether oxygens (including phenoxy) is 1. The Hall–Kier alpha value is -2.63. The molecule has 0 aliphatic heterocycles. The molecule has 0 spiro atoms. The highest BCUT2D eigenvalue weighted by Crippen LogP contribution is 2.25. The van der Waals surface area contributed by atoms with Crippen LogP contribution in [0.1, 0.15) is 28.5 Å². The van der Waals surface area contributed by atoms with Crippen molar-refractivity contribution in [1.82, 2.24) is 4.98 Å². The van der Waals surface area contributed by atoms with E-state index in [0.717, 1.165) is 16.5 Å². The highest BCUT2D eigenvalue weighted by Gasteiger charge is 2.20. The molecule has 3 aromatic rings. The standard InChI is InChI=1S/C21H18Cl2N2O3/c1-3-17-20(12(2)14-6-4-5-7-18(14)25-17)21(27)28-11-19(26)24-13-8-9-15(22)16(23)10-13/h4-10H,3,11H2,1-2H3,(H,24,26). The second-order valence-electron chi connectivity index (χ2n) is 6.18. The molecule has 7 heteroatoms. The van der Waals surface area contributed by atoms with Gasteiger partial charge in [0.1, 0.15) is 0 Å². The number of nitrogens with one attached hydrogen (secondary N) is 1. The van der Waals surface area contributed by atoms with E-state index in [4.69, 9.17) is 27.9 Å². The Balaban J connectivity index is 1.75. The maximum absolute atomic E-state index is 12.7. The quantitative estimate of drug-likeness (QED) is 0.579. The highest BCUT2D eigenvalue weighted by molar-refractivity contribution is 6.42. The van der Waals surface area contributed by atoms with Crippen LogP contribution < -0.4 is 5.32 Å². The van der Waals surface area contributed by atoms with Gasteiger partial charge in [-0.1, -0.05) is 48.3 Å². The molecule has 144 valence electrons. The SMILES string of the molecule is CCc1nc2ccccc2c(C)c1C(=O)OCC(=O)Nc1ccc(Cl)c(Cl)c1. The van der Waals surface area contributed by atoms with Crippen LogP contribution in [0, 0.1) is 6.92 Å². The summed E-state index contributed by atoms with van der Waals surface area (Å²) in [7, 11) is 0. The van der Waals surface area contributed by atoms with Gasteiger partial charge in [0.15, 0.2) is 6.61 Å². The second kappa shape index (κ2) is 8.59. The Morgan fingerprint density at radius 3 is 2.57 bits per heavy atom. The molecule has 0 radical (unpaired) electrons. The lowest BCUT2D eigenvalue weighted by atomic mass is 10.0. The van der Waals surface area contributed by atoms with Crippen molar-refractivity contribution in [2.45, 2.75) is 20.3 Å². The number of benzene rings is 2. The summed E-state index contributed by atoms with van der Waals surface area (Å²) < 4.78 is 5.24. The first-order chi connectivity index (χ1) is 13.4. The van der Waals surface area contributed by atoms with Crippen molar-refractivity contribution in [2.75, 3.05) is 11.9 Å². The number of carbonyl (C=O) groups excluding carboxylic acids is 2. The van der Waals surface area contributed by atoms with E-state index in [-0.39, 0.29) is 0 Å². The van der Waals surface area contributed by atoms with Crippen LogP contribution >= 0.6 is 23.2 Å². The summed E-state index contributed by atoms with van der Waals surface area (Å²) in [4.78, 5) is 29.3. The number of halogens is 2. The minimum atomic E-state index is -0.572. The topological polar surface area (TPSA) is 68.3 Å². The number of aromatic nitrogens is 1. The van der Waals surface area contributed by atoms with Crippen LogP contribution in [0.3, 0.4) is 0 Å². The molecule has 1 amide bonds. The molecular weight excluding hydrogens is 399 g/mol. The molecule has 1 aromatic heterocycles. The molecule has 0 aliphatic carbocycles. The van der Waals surface area contributed by atoms with Crippen LogP contribution in [0.2, 0.25) is 10.0 Å². The summed E-state index contributed by atoms with van der Waals surface area (Å²) in [6, 6.07) is 12.3. The van der Waals surface area contributed by atoms with Crippen molar-refractivity contribution >= 4 is 51.7 Å². The van der Waals surface area contributed by atoms with Gasteiger partial charge in [0, 0.05) is 11.1 Å². The molecule has 0 atom stereocenters. The maximum atomic E-state index is 12.7. The van der Waals surface area contributed by atoms with E-state index in [1.54, 1.807) is 12.1 Å². The van der Waals surface area contributed by atoms with Crippen LogP contribution in [0.25, 0.3) is 10.9 Å². The summed E-state index contributed by atoms with van der Waals surface area (Å²) in [6.45, 7) is 3.36. The molecule has 3 rings (SSSR count). The van der Waals surface area contributed by atoms with Crippen molar-refractivity contribution in [3.8, 4) is 0 Å². The molecule has 0 fully saturated rings. The Morgan fingerprint density at radius 1 is 1.11 bits per heavy atom. The van der Waals surface area contributed by atoms with Gasteiger partial charge in [-0.05, 0) is 43.2 Å². The number of hydrogen-bond donors (Lipinski definition) is 1. The number of rotatable bonds is 5. The predicted octanol–water partition coefficient (Wildman–Crippen LogP) is 5.21. The maximum Gasteiger partial charge on any atom is 0.340 e. The minimum Gasteiger partial charge on any atom is -0.452 e. The average molecular weight is 417 g/mol. The number of pyridine rings is 1. The zero-order valence-electron chi connectivity index (χ0n) is 15.4. The van der Waals surface area contributed by atoms with Gasteiger partial charge in [0.05, 0.1) is 26.8 Å². The second-order valence-corrected chi connectivity index (χ2v) is 7.00. The Bertz CT molecular complexity index is 1070. The monoisotopic (exact) mass is 416 g/mol. The van der Waals surface area contributed by atoms with E-state index in [9.17, 15) is 9.59 Å². The fourth-order valence-corrected chi connectivity index (χ4v) is 3.24. The number of nitrogens with zero attached hydrogens (tertiary/aromatic N) is 1. The first-order valence-corrected chi connectivity index (χ1v) is 9.46. The zero-order valence-corrected chi connectivity index (χ0v) is 16.9. The smallest absolute Gasteiger partial charge is 0.340 e. The van der Waals surface area contributed by atoms with Crippen molar-refractivity contribution < 1.29 is 14.3 Å². The molecule has 5 nitrogen and oxygen atoms in total. The normalized spacial score (nSPS) is 10.7. The van der Waals surface area contributed by atoms with Gasteiger partial charge in [-0.2, -0.15) is 0 Å². The number of fused-ring (bicyclic) bond motifs is 1. The van der Waals surface area contributed by atoms with Crippen LogP contribution in [0.5, 0.6) is 0 Å². The first kappa shape index (κ1) is 20.1. The lowest BCUT2D eigenvalue weighted by molar-refractivity contribution is -0.119. The molecule has 0 aliphatic rings. The molecular formula is C21H18Cl2N2O3. The number of hydrogen-bond acceptors (Lipinski definition) is 4. The third kappa shape index (κ3) is 4.26. The third-order valence-corrected chi connectivity index (χ3v) is 5.04. The minimum absolute atomic E-state index is 0.321. The Morgan fingerprint density at radius 2 is 1.86 bits per heavy atom. The number of aryl methyl sites for hydroxylation is 2. The van der Waals surface area contributed by atoms with Crippen LogP contribution in [0.4, 0.5) is 5.69 Å². The molecule has 0 saturated carbocycles. The largest absolute Gasteiger partial charge is 0.452 e. The summed E-state index contributed by atoms with van der Waals surface area (Å²) >= 11 is 11.8. The average Bonchev–Trinajstić information content (AvgIpc) is 2.69. The van der Waals surface area contributed by atoms with Gasteiger partial charge in [-0.3, -0.25) is 9.78 Å². The van der Waals surface area contributed by atoms with Crippen molar-refractivity contribution in [3.05, 3.63) is 69.3 Å². The molecule has 0 bridgehead atoms. The third-order valence-electron chi connectivity index (χ3n) is 4.30. The summed E-state index contributed by atoms with van der Waals surface area (Å²) in [6.07, 6.45) is 0.575.